The van der Waals surface area contributed by atoms with Gasteiger partial charge in [-0.3, -0.25) is 0 Å². The number of para-hydroxylation sites is 1. The summed E-state index contributed by atoms with van der Waals surface area (Å²) in [5.41, 5.74) is 6.98. The van der Waals surface area contributed by atoms with Crippen LogP contribution in [0.2, 0.25) is 0 Å². The Kier molecular flexibility index (Phi) is 3.56. The Labute approximate surface area is 144 Å². The normalized spacial score (nSPS) is 12.8. The fourth-order valence-corrected chi connectivity index (χ4v) is 3.87. The molecule has 0 amide bonds. The summed E-state index contributed by atoms with van der Waals surface area (Å²) >= 11 is 0. The smallest absolute Gasteiger partial charge is 0.225 e. The highest BCUT2D eigenvalue weighted by molar-refractivity contribution is 5.65. The maximum atomic E-state index is 2.41. The molecule has 2 heteroatoms. The minimum absolute atomic E-state index is 0.499. The minimum atomic E-state index is 0.499. The van der Waals surface area contributed by atoms with Crippen molar-refractivity contribution in [1.29, 1.82) is 0 Å². The van der Waals surface area contributed by atoms with Crippen molar-refractivity contribution in [2.75, 3.05) is 0 Å². The van der Waals surface area contributed by atoms with Crippen LogP contribution in [-0.4, -0.2) is 4.57 Å². The number of rotatable bonds is 3. The molecule has 0 N–H and O–H groups in total. The zero-order valence-electron chi connectivity index (χ0n) is 15.0. The molecule has 1 aliphatic rings. The Morgan fingerprint density at radius 2 is 1.54 bits per heavy atom. The Hall–Kier alpha value is -2.35. The van der Waals surface area contributed by atoms with Crippen molar-refractivity contribution < 1.29 is 4.57 Å². The predicted molar refractivity (Wildman–Crippen MR) is 98.7 cm³/mol. The second kappa shape index (κ2) is 5.62. The van der Waals surface area contributed by atoms with Crippen LogP contribution in [0.15, 0.2) is 54.9 Å². The molecule has 1 aromatic heterocycles. The average molecular weight is 317 g/mol. The van der Waals surface area contributed by atoms with Crippen LogP contribution in [0.25, 0.3) is 17.1 Å². The Bertz CT molecular complexity index is 874. The van der Waals surface area contributed by atoms with E-state index in [0.29, 0.717) is 11.8 Å². The van der Waals surface area contributed by atoms with E-state index >= 15 is 0 Å². The molecule has 0 fully saturated rings. The van der Waals surface area contributed by atoms with Gasteiger partial charge in [-0.2, -0.15) is 4.57 Å². The van der Waals surface area contributed by atoms with Gasteiger partial charge in [0, 0.05) is 16.7 Å². The number of aromatic nitrogens is 2. The van der Waals surface area contributed by atoms with Crippen molar-refractivity contribution in [3.63, 3.8) is 0 Å². The molecule has 3 aromatic rings. The van der Waals surface area contributed by atoms with E-state index in [2.05, 4.69) is 91.7 Å². The molecule has 0 bridgehead atoms. The van der Waals surface area contributed by atoms with Gasteiger partial charge in [0.15, 0.2) is 0 Å². The quantitative estimate of drug-likeness (QED) is 0.468. The summed E-state index contributed by atoms with van der Waals surface area (Å²) in [5.74, 6) is 2.30. The monoisotopic (exact) mass is 317 g/mol. The zero-order chi connectivity index (χ0) is 16.8. The molecular weight excluding hydrogens is 292 g/mol. The van der Waals surface area contributed by atoms with E-state index in [1.54, 1.807) is 0 Å². The van der Waals surface area contributed by atoms with Gasteiger partial charge < -0.3 is 0 Å². The third kappa shape index (κ3) is 2.21. The van der Waals surface area contributed by atoms with Gasteiger partial charge in [-0.05, 0) is 17.9 Å². The van der Waals surface area contributed by atoms with Gasteiger partial charge in [-0.1, -0.05) is 64.1 Å². The van der Waals surface area contributed by atoms with Crippen molar-refractivity contribution >= 4 is 0 Å². The first-order chi connectivity index (χ1) is 11.6. The van der Waals surface area contributed by atoms with Gasteiger partial charge in [0.2, 0.25) is 0 Å². The lowest BCUT2D eigenvalue weighted by Gasteiger charge is -2.17. The van der Waals surface area contributed by atoms with Crippen LogP contribution in [-0.2, 0) is 6.54 Å². The third-order valence-electron chi connectivity index (χ3n) is 5.08. The maximum Gasteiger partial charge on any atom is 0.294 e. The molecule has 0 radical (unpaired) electrons. The Balaban J connectivity index is 2.01. The zero-order valence-corrected chi connectivity index (χ0v) is 15.0. The molecule has 2 nitrogen and oxygen atoms in total. The van der Waals surface area contributed by atoms with E-state index in [1.165, 1.54) is 33.8 Å². The Morgan fingerprint density at radius 3 is 2.21 bits per heavy atom. The summed E-state index contributed by atoms with van der Waals surface area (Å²) in [4.78, 5) is 0. The lowest BCUT2D eigenvalue weighted by molar-refractivity contribution is -0.671. The fraction of sp³-hybridized carbons (Fsp3) is 0.318. The summed E-state index contributed by atoms with van der Waals surface area (Å²) in [6.07, 6.45) is 4.45. The van der Waals surface area contributed by atoms with Gasteiger partial charge in [0.25, 0.3) is 5.82 Å². The molecule has 0 unspecified atom stereocenters. The van der Waals surface area contributed by atoms with Crippen molar-refractivity contribution in [1.82, 2.24) is 4.57 Å². The number of benzene rings is 2. The van der Waals surface area contributed by atoms with Crippen molar-refractivity contribution in [2.24, 2.45) is 0 Å². The van der Waals surface area contributed by atoms with Crippen LogP contribution < -0.4 is 4.57 Å². The number of hydrogen-bond donors (Lipinski definition) is 0. The van der Waals surface area contributed by atoms with Crippen LogP contribution in [0.3, 0.4) is 0 Å². The average Bonchev–Trinajstić information content (AvgIpc) is 3.12. The van der Waals surface area contributed by atoms with E-state index in [-0.39, 0.29) is 0 Å². The summed E-state index contributed by atoms with van der Waals surface area (Å²) in [6, 6.07) is 15.5. The van der Waals surface area contributed by atoms with Gasteiger partial charge in [0.05, 0.1) is 5.56 Å². The molecule has 122 valence electrons. The standard InChI is InChI=1S/C22H25N2/c1-15(2)18-10-7-11-19(16(3)4)21(18)24-13-12-23-14-17-8-5-6-9-20(17)22(23)24/h5-13,15-16H,14H2,1-4H3/q+1. The highest BCUT2D eigenvalue weighted by atomic mass is 15.2. The van der Waals surface area contributed by atoms with Gasteiger partial charge in [0.1, 0.15) is 24.6 Å². The molecular formula is C22H25N2+. The van der Waals surface area contributed by atoms with Gasteiger partial charge >= 0.3 is 0 Å². The lowest BCUT2D eigenvalue weighted by Crippen LogP contribution is -2.30. The fourth-order valence-electron chi connectivity index (χ4n) is 3.87. The van der Waals surface area contributed by atoms with Crippen LogP contribution in [0.5, 0.6) is 0 Å². The molecule has 2 heterocycles. The van der Waals surface area contributed by atoms with Gasteiger partial charge in [-0.25, -0.2) is 4.57 Å². The predicted octanol–water partition coefficient (Wildman–Crippen LogP) is 5.04. The second-order valence-corrected chi connectivity index (χ2v) is 7.37. The SMILES string of the molecule is CC(C)c1cccc(C(C)C)c1-n1cc[n+]2c1-c1ccccc1C2. The van der Waals surface area contributed by atoms with E-state index in [9.17, 15) is 0 Å². The van der Waals surface area contributed by atoms with Crippen LogP contribution >= 0.6 is 0 Å². The minimum Gasteiger partial charge on any atom is -0.225 e. The molecule has 1 aliphatic heterocycles. The summed E-state index contributed by atoms with van der Waals surface area (Å²) in [5, 5.41) is 0. The highest BCUT2D eigenvalue weighted by Crippen LogP contribution is 2.35. The third-order valence-corrected chi connectivity index (χ3v) is 5.08. The van der Waals surface area contributed by atoms with Crippen molar-refractivity contribution in [3.8, 4) is 17.1 Å². The van der Waals surface area contributed by atoms with E-state index < -0.39 is 0 Å². The lowest BCUT2D eigenvalue weighted by atomic mass is 9.92. The molecule has 0 atom stereocenters. The van der Waals surface area contributed by atoms with E-state index in [0.717, 1.165) is 6.54 Å². The van der Waals surface area contributed by atoms with Crippen molar-refractivity contribution in [3.05, 3.63) is 71.5 Å². The molecule has 0 aliphatic carbocycles. The first kappa shape index (κ1) is 15.2. The van der Waals surface area contributed by atoms with Crippen LogP contribution in [0.1, 0.15) is 56.2 Å². The first-order valence-corrected chi connectivity index (χ1v) is 8.90. The first-order valence-electron chi connectivity index (χ1n) is 8.90. The van der Waals surface area contributed by atoms with Gasteiger partial charge in [-0.15, -0.1) is 0 Å². The molecule has 0 spiro atoms. The largest absolute Gasteiger partial charge is 0.294 e. The molecule has 2 aromatic carbocycles. The van der Waals surface area contributed by atoms with Crippen molar-refractivity contribution in [2.45, 2.75) is 46.1 Å². The topological polar surface area (TPSA) is 8.81 Å². The van der Waals surface area contributed by atoms with E-state index in [1.807, 2.05) is 0 Å². The summed E-state index contributed by atoms with van der Waals surface area (Å²) in [6.45, 7) is 10.1. The van der Waals surface area contributed by atoms with Crippen LogP contribution in [0.4, 0.5) is 0 Å². The highest BCUT2D eigenvalue weighted by Gasteiger charge is 2.32. The maximum absolute atomic E-state index is 2.41. The molecule has 0 saturated heterocycles. The number of fused-ring (bicyclic) bond motifs is 3. The number of nitrogens with zero attached hydrogens (tertiary/aromatic N) is 2. The number of imidazole rings is 1. The molecule has 0 saturated carbocycles. The molecule has 24 heavy (non-hydrogen) atoms. The van der Waals surface area contributed by atoms with E-state index in [4.69, 9.17) is 0 Å². The second-order valence-electron chi connectivity index (χ2n) is 7.37. The number of hydrogen-bond acceptors (Lipinski definition) is 0. The summed E-state index contributed by atoms with van der Waals surface area (Å²) < 4.78 is 4.78. The van der Waals surface area contributed by atoms with Crippen LogP contribution in [0, 0.1) is 0 Å². The summed E-state index contributed by atoms with van der Waals surface area (Å²) in [7, 11) is 0. The Morgan fingerprint density at radius 1 is 0.875 bits per heavy atom. The molecule has 4 rings (SSSR count).